The van der Waals surface area contributed by atoms with Gasteiger partial charge in [0.25, 0.3) is 0 Å². The van der Waals surface area contributed by atoms with Crippen molar-refractivity contribution in [1.82, 2.24) is 0 Å². The van der Waals surface area contributed by atoms with Crippen LogP contribution in [0.5, 0.6) is 0 Å². The number of ketones is 1. The normalized spacial score (nSPS) is 13.7. The summed E-state index contributed by atoms with van der Waals surface area (Å²) in [5.41, 5.74) is 4.35. The average molecular weight is 175 g/mol. The van der Waals surface area contributed by atoms with E-state index in [0.717, 1.165) is 24.2 Å². The second kappa shape index (κ2) is 2.87. The van der Waals surface area contributed by atoms with Crippen LogP contribution < -0.4 is 5.32 Å². The molecule has 13 heavy (non-hydrogen) atoms. The van der Waals surface area contributed by atoms with Crippen LogP contribution in [0.1, 0.15) is 28.4 Å². The van der Waals surface area contributed by atoms with Gasteiger partial charge < -0.3 is 5.32 Å². The third-order valence-corrected chi connectivity index (χ3v) is 2.44. The fourth-order valence-corrected chi connectivity index (χ4v) is 1.87. The fourth-order valence-electron chi connectivity index (χ4n) is 1.87. The molecule has 1 heterocycles. The third kappa shape index (κ3) is 1.32. The molecule has 2 heteroatoms. The fraction of sp³-hybridized carbons (Fsp3) is 0.364. The van der Waals surface area contributed by atoms with E-state index in [1.165, 1.54) is 11.1 Å². The van der Waals surface area contributed by atoms with E-state index in [1.807, 2.05) is 13.0 Å². The van der Waals surface area contributed by atoms with E-state index in [9.17, 15) is 4.79 Å². The van der Waals surface area contributed by atoms with Gasteiger partial charge in [0, 0.05) is 17.8 Å². The summed E-state index contributed by atoms with van der Waals surface area (Å²) < 4.78 is 0. The Morgan fingerprint density at radius 3 is 2.92 bits per heavy atom. The Morgan fingerprint density at radius 1 is 1.46 bits per heavy atom. The molecule has 0 bridgehead atoms. The summed E-state index contributed by atoms with van der Waals surface area (Å²) in [6.07, 6.45) is 1.04. The van der Waals surface area contributed by atoms with Crippen molar-refractivity contribution in [2.45, 2.75) is 20.3 Å². The number of hydrogen-bond donors (Lipinski definition) is 1. The number of nitrogens with one attached hydrogen (secondary N) is 1. The molecule has 0 atom stereocenters. The molecular weight excluding hydrogens is 162 g/mol. The Balaban J connectivity index is 2.62. The summed E-state index contributed by atoms with van der Waals surface area (Å²) in [6.45, 7) is 4.61. The molecule has 68 valence electrons. The molecule has 0 radical (unpaired) electrons. The van der Waals surface area contributed by atoms with Crippen molar-refractivity contribution in [2.24, 2.45) is 0 Å². The lowest BCUT2D eigenvalue weighted by Gasteiger charge is -2.06. The largest absolute Gasteiger partial charge is 0.384 e. The molecule has 0 unspecified atom stereocenters. The van der Waals surface area contributed by atoms with Gasteiger partial charge in [-0.3, -0.25) is 4.79 Å². The Kier molecular flexibility index (Phi) is 1.83. The highest BCUT2D eigenvalue weighted by Crippen LogP contribution is 2.28. The highest BCUT2D eigenvalue weighted by molar-refractivity contribution is 6.00. The van der Waals surface area contributed by atoms with E-state index in [2.05, 4.69) is 11.4 Å². The Labute approximate surface area is 78.0 Å². The van der Waals surface area contributed by atoms with Crippen molar-refractivity contribution >= 4 is 11.5 Å². The zero-order chi connectivity index (χ0) is 9.42. The summed E-state index contributed by atoms with van der Waals surface area (Å²) in [5.74, 6) is 0.148. The molecule has 0 aliphatic carbocycles. The van der Waals surface area contributed by atoms with Crippen molar-refractivity contribution in [1.29, 1.82) is 0 Å². The molecule has 0 fully saturated rings. The lowest BCUT2D eigenvalue weighted by atomic mass is 10.0. The van der Waals surface area contributed by atoms with Gasteiger partial charge in [0.15, 0.2) is 5.78 Å². The number of anilines is 1. The molecule has 0 saturated heterocycles. The van der Waals surface area contributed by atoms with Gasteiger partial charge in [-0.1, -0.05) is 6.07 Å². The molecule has 0 aromatic heterocycles. The van der Waals surface area contributed by atoms with E-state index < -0.39 is 0 Å². The van der Waals surface area contributed by atoms with E-state index in [-0.39, 0.29) is 5.78 Å². The minimum atomic E-state index is 0.148. The van der Waals surface area contributed by atoms with Crippen LogP contribution in [0, 0.1) is 6.92 Å². The third-order valence-electron chi connectivity index (χ3n) is 2.44. The first-order valence-corrected chi connectivity index (χ1v) is 4.57. The van der Waals surface area contributed by atoms with E-state index >= 15 is 0 Å². The topological polar surface area (TPSA) is 29.1 Å². The maximum absolute atomic E-state index is 11.3. The van der Waals surface area contributed by atoms with Crippen LogP contribution in [0.4, 0.5) is 5.69 Å². The average Bonchev–Trinajstić information content (AvgIpc) is 2.49. The van der Waals surface area contributed by atoms with Crippen LogP contribution in [0.3, 0.4) is 0 Å². The van der Waals surface area contributed by atoms with Gasteiger partial charge in [0.2, 0.25) is 0 Å². The first kappa shape index (κ1) is 8.30. The number of carbonyl (C=O) groups is 1. The van der Waals surface area contributed by atoms with Crippen molar-refractivity contribution < 1.29 is 4.79 Å². The van der Waals surface area contributed by atoms with Gasteiger partial charge in [0.05, 0.1) is 0 Å². The highest BCUT2D eigenvalue weighted by Gasteiger charge is 2.16. The van der Waals surface area contributed by atoms with Crippen LogP contribution >= 0.6 is 0 Å². The van der Waals surface area contributed by atoms with Crippen molar-refractivity contribution in [3.63, 3.8) is 0 Å². The molecule has 0 amide bonds. The van der Waals surface area contributed by atoms with Gasteiger partial charge >= 0.3 is 0 Å². The second-order valence-electron chi connectivity index (χ2n) is 3.58. The Hall–Kier alpha value is -1.31. The summed E-state index contributed by atoms with van der Waals surface area (Å²) in [7, 11) is 0. The molecule has 0 saturated carbocycles. The van der Waals surface area contributed by atoms with Gasteiger partial charge in [-0.2, -0.15) is 0 Å². The monoisotopic (exact) mass is 175 g/mol. The van der Waals surface area contributed by atoms with Crippen LogP contribution in [-0.4, -0.2) is 12.3 Å². The van der Waals surface area contributed by atoms with Gasteiger partial charge in [-0.25, -0.2) is 0 Å². The second-order valence-corrected chi connectivity index (χ2v) is 3.58. The lowest BCUT2D eigenvalue weighted by molar-refractivity contribution is 0.101. The number of fused-ring (bicyclic) bond motifs is 1. The van der Waals surface area contributed by atoms with Gasteiger partial charge in [-0.05, 0) is 37.5 Å². The first-order valence-electron chi connectivity index (χ1n) is 4.57. The quantitative estimate of drug-likeness (QED) is 0.663. The van der Waals surface area contributed by atoms with E-state index in [1.54, 1.807) is 6.92 Å². The molecule has 2 rings (SSSR count). The van der Waals surface area contributed by atoms with E-state index in [4.69, 9.17) is 0 Å². The van der Waals surface area contributed by atoms with Crippen LogP contribution in [-0.2, 0) is 6.42 Å². The van der Waals surface area contributed by atoms with Crippen LogP contribution in [0.2, 0.25) is 0 Å². The summed E-state index contributed by atoms with van der Waals surface area (Å²) in [4.78, 5) is 11.3. The maximum Gasteiger partial charge on any atom is 0.161 e. The zero-order valence-corrected chi connectivity index (χ0v) is 7.98. The Bertz CT molecular complexity index is 369. The lowest BCUT2D eigenvalue weighted by Crippen LogP contribution is -2.00. The molecule has 2 nitrogen and oxygen atoms in total. The molecule has 0 spiro atoms. The summed E-state index contributed by atoms with van der Waals surface area (Å²) >= 11 is 0. The number of aryl methyl sites for hydroxylation is 1. The van der Waals surface area contributed by atoms with Gasteiger partial charge in [0.1, 0.15) is 0 Å². The van der Waals surface area contributed by atoms with Gasteiger partial charge in [-0.15, -0.1) is 0 Å². The maximum atomic E-state index is 11.3. The summed E-state index contributed by atoms with van der Waals surface area (Å²) in [6, 6.07) is 4.11. The van der Waals surface area contributed by atoms with E-state index in [0.29, 0.717) is 0 Å². The molecule has 1 aromatic rings. The predicted octanol–water partition coefficient (Wildman–Crippen LogP) is 2.17. The van der Waals surface area contributed by atoms with Crippen LogP contribution in [0.25, 0.3) is 0 Å². The number of Topliss-reactive ketones (excluding diaryl/α,β-unsaturated/α-hetero) is 1. The molecule has 1 aliphatic rings. The van der Waals surface area contributed by atoms with Crippen molar-refractivity contribution in [2.75, 3.05) is 11.9 Å². The smallest absolute Gasteiger partial charge is 0.161 e. The van der Waals surface area contributed by atoms with Crippen molar-refractivity contribution in [3.05, 3.63) is 28.8 Å². The zero-order valence-electron chi connectivity index (χ0n) is 7.98. The predicted molar refractivity (Wildman–Crippen MR) is 53.4 cm³/mol. The molecule has 1 aliphatic heterocycles. The minimum absolute atomic E-state index is 0.148. The minimum Gasteiger partial charge on any atom is -0.384 e. The molecular formula is C11H13NO. The molecule has 1 N–H and O–H groups in total. The summed E-state index contributed by atoms with van der Waals surface area (Å²) in [5, 5.41) is 3.26. The SMILES string of the molecule is CC(=O)c1cc(C)cc2c1NCC2. The highest BCUT2D eigenvalue weighted by atomic mass is 16.1. The molecule has 1 aromatic carbocycles. The number of hydrogen-bond acceptors (Lipinski definition) is 2. The van der Waals surface area contributed by atoms with Crippen molar-refractivity contribution in [3.8, 4) is 0 Å². The Morgan fingerprint density at radius 2 is 2.23 bits per heavy atom. The number of benzene rings is 1. The first-order chi connectivity index (χ1) is 6.18. The van der Waals surface area contributed by atoms with Crippen LogP contribution in [0.15, 0.2) is 12.1 Å². The standard InChI is InChI=1S/C11H13NO/c1-7-5-9-3-4-12-11(9)10(6-7)8(2)13/h5-6,12H,3-4H2,1-2H3. The number of carbonyl (C=O) groups excluding carboxylic acids is 1. The number of rotatable bonds is 1.